The molecule has 0 aliphatic carbocycles. The third kappa shape index (κ3) is 2.29. The number of hydrogen-bond donors (Lipinski definition) is 1. The van der Waals surface area contributed by atoms with Crippen molar-refractivity contribution in [1.82, 2.24) is 4.98 Å². The molecule has 1 aromatic heterocycles. The quantitative estimate of drug-likeness (QED) is 0.855. The van der Waals surface area contributed by atoms with Gasteiger partial charge in [-0.25, -0.2) is 4.98 Å². The summed E-state index contributed by atoms with van der Waals surface area (Å²) < 4.78 is 5.69. The van der Waals surface area contributed by atoms with Gasteiger partial charge >= 0.3 is 0 Å². The number of hydrogen-bond acceptors (Lipinski definition) is 4. The highest BCUT2D eigenvalue weighted by Crippen LogP contribution is 2.34. The molecule has 19 heavy (non-hydrogen) atoms. The van der Waals surface area contributed by atoms with Gasteiger partial charge in [0.1, 0.15) is 18.6 Å². The second-order valence-electron chi connectivity index (χ2n) is 4.57. The Morgan fingerprint density at radius 3 is 3.11 bits per heavy atom. The summed E-state index contributed by atoms with van der Waals surface area (Å²) >= 11 is 5.99. The number of aromatic nitrogens is 1. The van der Waals surface area contributed by atoms with Crippen molar-refractivity contribution in [3.05, 3.63) is 35.0 Å². The number of nitrogens with one attached hydrogen (secondary N) is 1. The summed E-state index contributed by atoms with van der Waals surface area (Å²) in [7, 11) is 0. The molecule has 0 saturated heterocycles. The van der Waals surface area contributed by atoms with Gasteiger partial charge in [0.2, 0.25) is 0 Å². The first kappa shape index (κ1) is 12.4. The number of carbonyl (C=O) groups excluding carboxylic acids is 1. The van der Waals surface area contributed by atoms with Crippen LogP contribution in [0.2, 0.25) is 5.02 Å². The number of anilines is 1. The van der Waals surface area contributed by atoms with Crippen LogP contribution < -0.4 is 5.32 Å². The molecule has 0 saturated carbocycles. The number of nitrogens with zero attached hydrogens (tertiary/aromatic N) is 1. The van der Waals surface area contributed by atoms with E-state index < -0.39 is 0 Å². The zero-order valence-corrected chi connectivity index (χ0v) is 11.1. The van der Waals surface area contributed by atoms with Crippen LogP contribution in [0.4, 0.5) is 5.69 Å². The van der Waals surface area contributed by atoms with E-state index in [4.69, 9.17) is 16.3 Å². The SMILES string of the molecule is CC1OC(CC=O)Nc2cc3cc(Cl)ccc3nc21. The molecule has 1 aliphatic rings. The van der Waals surface area contributed by atoms with E-state index >= 15 is 0 Å². The molecule has 1 aliphatic heterocycles. The van der Waals surface area contributed by atoms with Crippen molar-refractivity contribution < 1.29 is 9.53 Å². The lowest BCUT2D eigenvalue weighted by Crippen LogP contribution is -2.31. The number of carbonyl (C=O) groups is 1. The zero-order chi connectivity index (χ0) is 13.4. The standard InChI is InChI=1S/C14H13ClN2O2/c1-8-14-12(16-13(19-8)4-5-18)7-9-6-10(15)2-3-11(9)17-14/h2-3,5-8,13,16H,4H2,1H3. The third-order valence-electron chi connectivity index (χ3n) is 3.19. The molecule has 0 amide bonds. The van der Waals surface area contributed by atoms with E-state index in [0.717, 1.165) is 28.6 Å². The summed E-state index contributed by atoms with van der Waals surface area (Å²) in [5.41, 5.74) is 2.64. The Morgan fingerprint density at radius 1 is 1.47 bits per heavy atom. The Hall–Kier alpha value is -1.65. The molecule has 2 heterocycles. The van der Waals surface area contributed by atoms with Gasteiger partial charge in [-0.1, -0.05) is 11.6 Å². The van der Waals surface area contributed by atoms with Crippen molar-refractivity contribution in [2.24, 2.45) is 0 Å². The van der Waals surface area contributed by atoms with E-state index in [-0.39, 0.29) is 12.3 Å². The molecule has 98 valence electrons. The molecule has 0 spiro atoms. The molecule has 2 aromatic rings. The maximum atomic E-state index is 10.6. The van der Waals surface area contributed by atoms with E-state index in [0.29, 0.717) is 11.4 Å². The van der Waals surface area contributed by atoms with Gasteiger partial charge in [-0.15, -0.1) is 0 Å². The normalized spacial score (nSPS) is 21.8. The second kappa shape index (κ2) is 4.79. The summed E-state index contributed by atoms with van der Waals surface area (Å²) in [5, 5.41) is 4.83. The Morgan fingerprint density at radius 2 is 2.32 bits per heavy atom. The zero-order valence-electron chi connectivity index (χ0n) is 10.4. The Bertz CT molecular complexity index is 645. The largest absolute Gasteiger partial charge is 0.358 e. The lowest BCUT2D eigenvalue weighted by atomic mass is 10.1. The third-order valence-corrected chi connectivity index (χ3v) is 3.42. The predicted octanol–water partition coefficient (Wildman–Crippen LogP) is 3.31. The van der Waals surface area contributed by atoms with E-state index in [2.05, 4.69) is 10.3 Å². The van der Waals surface area contributed by atoms with Crippen molar-refractivity contribution in [3.63, 3.8) is 0 Å². The van der Waals surface area contributed by atoms with Crippen molar-refractivity contribution in [2.75, 3.05) is 5.32 Å². The van der Waals surface area contributed by atoms with Crippen molar-refractivity contribution >= 4 is 34.5 Å². The summed E-state index contributed by atoms with van der Waals surface area (Å²) in [5.74, 6) is 0. The molecule has 2 unspecified atom stereocenters. The van der Waals surface area contributed by atoms with Crippen molar-refractivity contribution in [2.45, 2.75) is 25.7 Å². The van der Waals surface area contributed by atoms with Gasteiger partial charge in [0, 0.05) is 16.8 Å². The smallest absolute Gasteiger partial charge is 0.135 e. The first-order valence-electron chi connectivity index (χ1n) is 6.13. The number of halogens is 1. The molecule has 0 fully saturated rings. The van der Waals surface area contributed by atoms with Crippen molar-refractivity contribution in [3.8, 4) is 0 Å². The molecule has 0 radical (unpaired) electrons. The minimum Gasteiger partial charge on any atom is -0.358 e. The summed E-state index contributed by atoms with van der Waals surface area (Å²) in [6, 6.07) is 7.59. The summed E-state index contributed by atoms with van der Waals surface area (Å²) in [4.78, 5) is 15.2. The van der Waals surface area contributed by atoms with Gasteiger partial charge in [-0.2, -0.15) is 0 Å². The Labute approximate surface area is 115 Å². The fourth-order valence-corrected chi connectivity index (χ4v) is 2.49. The number of benzene rings is 1. The Kier molecular flexibility index (Phi) is 3.12. The lowest BCUT2D eigenvalue weighted by molar-refractivity contribution is -0.111. The molecule has 3 rings (SSSR count). The van der Waals surface area contributed by atoms with E-state index in [9.17, 15) is 4.79 Å². The molecule has 4 nitrogen and oxygen atoms in total. The van der Waals surface area contributed by atoms with Crippen molar-refractivity contribution in [1.29, 1.82) is 0 Å². The van der Waals surface area contributed by atoms with Gasteiger partial charge in [-0.3, -0.25) is 0 Å². The lowest BCUT2D eigenvalue weighted by Gasteiger charge is -2.30. The van der Waals surface area contributed by atoms with Crippen LogP contribution in [0.3, 0.4) is 0 Å². The first-order chi connectivity index (χ1) is 9.17. The van der Waals surface area contributed by atoms with Crippen LogP contribution in [0.15, 0.2) is 24.3 Å². The van der Waals surface area contributed by atoms with Gasteiger partial charge in [0.15, 0.2) is 0 Å². The first-order valence-corrected chi connectivity index (χ1v) is 6.51. The highest BCUT2D eigenvalue weighted by molar-refractivity contribution is 6.31. The topological polar surface area (TPSA) is 51.2 Å². The summed E-state index contributed by atoms with van der Waals surface area (Å²) in [6.45, 7) is 1.94. The number of fused-ring (bicyclic) bond motifs is 2. The van der Waals surface area contributed by atoms with Gasteiger partial charge < -0.3 is 14.8 Å². The molecule has 1 N–H and O–H groups in total. The second-order valence-corrected chi connectivity index (χ2v) is 5.01. The molecule has 1 aromatic carbocycles. The van der Waals surface area contributed by atoms with Crippen LogP contribution in [-0.4, -0.2) is 17.5 Å². The number of rotatable bonds is 2. The van der Waals surface area contributed by atoms with Crippen LogP contribution in [-0.2, 0) is 9.53 Å². The highest BCUT2D eigenvalue weighted by atomic mass is 35.5. The highest BCUT2D eigenvalue weighted by Gasteiger charge is 2.25. The maximum Gasteiger partial charge on any atom is 0.135 e. The monoisotopic (exact) mass is 276 g/mol. The molecule has 5 heteroatoms. The van der Waals surface area contributed by atoms with Crippen LogP contribution in [0.25, 0.3) is 10.9 Å². The minimum atomic E-state index is -0.293. The molecule has 0 bridgehead atoms. The molecular formula is C14H13ClN2O2. The Balaban J connectivity index is 2.08. The molecular weight excluding hydrogens is 264 g/mol. The van der Waals surface area contributed by atoms with Gasteiger partial charge in [0.05, 0.1) is 16.9 Å². The minimum absolute atomic E-state index is 0.138. The van der Waals surface area contributed by atoms with E-state index in [1.54, 1.807) is 0 Å². The van der Waals surface area contributed by atoms with Gasteiger partial charge in [-0.05, 0) is 31.2 Å². The number of ether oxygens (including phenoxy) is 1. The number of aldehydes is 1. The van der Waals surface area contributed by atoms with Crippen LogP contribution in [0, 0.1) is 0 Å². The van der Waals surface area contributed by atoms with Crippen LogP contribution in [0.5, 0.6) is 0 Å². The van der Waals surface area contributed by atoms with E-state index in [1.165, 1.54) is 0 Å². The van der Waals surface area contributed by atoms with E-state index in [1.807, 2.05) is 31.2 Å². The molecule has 2 atom stereocenters. The van der Waals surface area contributed by atoms with Gasteiger partial charge in [0.25, 0.3) is 0 Å². The summed E-state index contributed by atoms with van der Waals surface area (Å²) in [6.07, 6.45) is 0.734. The average Bonchev–Trinajstić information content (AvgIpc) is 2.37. The van der Waals surface area contributed by atoms with Crippen LogP contribution >= 0.6 is 11.6 Å². The average molecular weight is 277 g/mol. The predicted molar refractivity (Wildman–Crippen MR) is 74.3 cm³/mol. The fourth-order valence-electron chi connectivity index (χ4n) is 2.31. The van der Waals surface area contributed by atoms with Crippen LogP contribution in [0.1, 0.15) is 25.1 Å². The number of pyridine rings is 1. The maximum absolute atomic E-state index is 10.6. The fraction of sp³-hybridized carbons (Fsp3) is 0.286.